The second-order valence-electron chi connectivity index (χ2n) is 6.15. The molecule has 0 spiro atoms. The van der Waals surface area contributed by atoms with Gasteiger partial charge in [0, 0.05) is 45.3 Å². The van der Waals surface area contributed by atoms with Gasteiger partial charge in [0.1, 0.15) is 11.5 Å². The van der Waals surface area contributed by atoms with E-state index in [2.05, 4.69) is 0 Å². The van der Waals surface area contributed by atoms with Gasteiger partial charge in [-0.2, -0.15) is 0 Å². The molecule has 0 saturated carbocycles. The summed E-state index contributed by atoms with van der Waals surface area (Å²) in [7, 11) is 1.58. The number of hydrogen-bond acceptors (Lipinski definition) is 5. The van der Waals surface area contributed by atoms with Gasteiger partial charge >= 0.3 is 0 Å². The number of furan rings is 1. The number of nitrogens with zero attached hydrogens (tertiary/aromatic N) is 2. The van der Waals surface area contributed by atoms with Crippen LogP contribution < -0.4 is 0 Å². The van der Waals surface area contributed by atoms with Crippen molar-refractivity contribution in [1.29, 1.82) is 0 Å². The lowest BCUT2D eigenvalue weighted by Gasteiger charge is -2.29. The molecule has 1 aromatic heterocycles. The number of morpholine rings is 1. The number of ether oxygens (including phenoxy) is 2. The van der Waals surface area contributed by atoms with Crippen LogP contribution in [0.2, 0.25) is 0 Å². The van der Waals surface area contributed by atoms with Crippen LogP contribution in [0.15, 0.2) is 4.42 Å². The van der Waals surface area contributed by atoms with Crippen LogP contribution in [0.3, 0.4) is 0 Å². The summed E-state index contributed by atoms with van der Waals surface area (Å²) >= 11 is 0. The van der Waals surface area contributed by atoms with Gasteiger partial charge in [0.15, 0.2) is 0 Å². The third-order valence-corrected chi connectivity index (χ3v) is 4.61. The standard InChI is InChI=1S/C17H24N2O5/c1-12-16(17(21)18-6-9-23-10-7-18)13-11-19(5-3-14(13)24-12)15(20)4-8-22-2/h3-11H2,1-2H3. The van der Waals surface area contributed by atoms with Crippen LogP contribution in [0.1, 0.15) is 33.9 Å². The maximum Gasteiger partial charge on any atom is 0.257 e. The second-order valence-corrected chi connectivity index (χ2v) is 6.15. The smallest absolute Gasteiger partial charge is 0.257 e. The van der Waals surface area contributed by atoms with Crippen molar-refractivity contribution in [2.24, 2.45) is 0 Å². The van der Waals surface area contributed by atoms with Crippen molar-refractivity contribution in [3.8, 4) is 0 Å². The highest BCUT2D eigenvalue weighted by Crippen LogP contribution is 2.29. The average Bonchev–Trinajstić information content (AvgIpc) is 2.94. The van der Waals surface area contributed by atoms with E-state index in [-0.39, 0.29) is 11.8 Å². The SMILES string of the molecule is COCCC(=O)N1CCc2oc(C)c(C(=O)N3CCOCC3)c2C1. The molecule has 0 unspecified atom stereocenters. The highest BCUT2D eigenvalue weighted by molar-refractivity contribution is 5.97. The summed E-state index contributed by atoms with van der Waals surface area (Å²) in [6.07, 6.45) is 1.00. The normalized spacial score (nSPS) is 17.8. The number of methoxy groups -OCH3 is 1. The van der Waals surface area contributed by atoms with E-state index in [0.29, 0.717) is 70.2 Å². The summed E-state index contributed by atoms with van der Waals surface area (Å²) in [6.45, 7) is 5.59. The van der Waals surface area contributed by atoms with E-state index in [1.807, 2.05) is 6.92 Å². The van der Waals surface area contributed by atoms with E-state index in [4.69, 9.17) is 13.9 Å². The molecule has 3 heterocycles. The third-order valence-electron chi connectivity index (χ3n) is 4.61. The average molecular weight is 336 g/mol. The monoisotopic (exact) mass is 336 g/mol. The molecule has 7 nitrogen and oxygen atoms in total. The second kappa shape index (κ2) is 7.36. The molecule has 0 N–H and O–H groups in total. The lowest BCUT2D eigenvalue weighted by molar-refractivity contribution is -0.133. The number of amides is 2. The molecule has 0 aliphatic carbocycles. The maximum atomic E-state index is 12.9. The molecule has 2 aliphatic heterocycles. The number of rotatable bonds is 4. The van der Waals surface area contributed by atoms with Gasteiger partial charge < -0.3 is 23.7 Å². The van der Waals surface area contributed by atoms with Gasteiger partial charge in [0.05, 0.1) is 31.8 Å². The molecule has 132 valence electrons. The van der Waals surface area contributed by atoms with Crippen LogP contribution in [0.4, 0.5) is 0 Å². The molecule has 0 aromatic carbocycles. The highest BCUT2D eigenvalue weighted by atomic mass is 16.5. The number of carbonyl (C=O) groups excluding carboxylic acids is 2. The Bertz CT molecular complexity index is 619. The van der Waals surface area contributed by atoms with Crippen molar-refractivity contribution < 1.29 is 23.5 Å². The summed E-state index contributed by atoms with van der Waals surface area (Å²) in [6, 6.07) is 0. The Labute approximate surface area is 141 Å². The lowest BCUT2D eigenvalue weighted by Crippen LogP contribution is -2.42. The predicted octanol–water partition coefficient (Wildman–Crippen LogP) is 0.982. The zero-order valence-electron chi connectivity index (χ0n) is 14.3. The summed E-state index contributed by atoms with van der Waals surface area (Å²) in [4.78, 5) is 28.7. The van der Waals surface area contributed by atoms with Gasteiger partial charge in [-0.05, 0) is 6.92 Å². The first-order valence-electron chi connectivity index (χ1n) is 8.36. The molecule has 1 fully saturated rings. The van der Waals surface area contributed by atoms with Gasteiger partial charge in [-0.1, -0.05) is 0 Å². The first-order valence-corrected chi connectivity index (χ1v) is 8.36. The fourth-order valence-electron chi connectivity index (χ4n) is 3.29. The van der Waals surface area contributed by atoms with Gasteiger partial charge in [0.25, 0.3) is 5.91 Å². The zero-order chi connectivity index (χ0) is 17.1. The Morgan fingerprint density at radius 3 is 2.62 bits per heavy atom. The fourth-order valence-corrected chi connectivity index (χ4v) is 3.29. The van der Waals surface area contributed by atoms with Crippen molar-refractivity contribution >= 4 is 11.8 Å². The van der Waals surface area contributed by atoms with Crippen LogP contribution >= 0.6 is 0 Å². The van der Waals surface area contributed by atoms with E-state index < -0.39 is 0 Å². The van der Waals surface area contributed by atoms with Crippen LogP contribution in [-0.4, -0.2) is 68.2 Å². The Morgan fingerprint density at radius 1 is 1.17 bits per heavy atom. The van der Waals surface area contributed by atoms with Gasteiger partial charge in [-0.15, -0.1) is 0 Å². The lowest BCUT2D eigenvalue weighted by atomic mass is 10.0. The molecule has 0 bridgehead atoms. The quantitative estimate of drug-likeness (QED) is 0.820. The minimum atomic E-state index is -0.0213. The molecule has 0 atom stereocenters. The molecule has 1 aromatic rings. The van der Waals surface area contributed by atoms with Crippen LogP contribution in [0.5, 0.6) is 0 Å². The van der Waals surface area contributed by atoms with Crippen molar-refractivity contribution in [2.45, 2.75) is 26.3 Å². The van der Waals surface area contributed by atoms with Crippen molar-refractivity contribution in [3.63, 3.8) is 0 Å². The number of carbonyl (C=O) groups is 2. The Balaban J connectivity index is 1.79. The largest absolute Gasteiger partial charge is 0.465 e. The minimum Gasteiger partial charge on any atom is -0.465 e. The number of aryl methyl sites for hydroxylation is 1. The van der Waals surface area contributed by atoms with Crippen LogP contribution in [-0.2, 0) is 27.2 Å². The zero-order valence-corrected chi connectivity index (χ0v) is 14.3. The number of fused-ring (bicyclic) bond motifs is 1. The van der Waals surface area contributed by atoms with Crippen LogP contribution in [0.25, 0.3) is 0 Å². The number of hydrogen-bond donors (Lipinski definition) is 0. The van der Waals surface area contributed by atoms with E-state index >= 15 is 0 Å². The molecule has 1 saturated heterocycles. The summed E-state index contributed by atoms with van der Waals surface area (Å²) < 4.78 is 16.1. The molecule has 24 heavy (non-hydrogen) atoms. The highest BCUT2D eigenvalue weighted by Gasteiger charge is 2.32. The Kier molecular flexibility index (Phi) is 5.20. The first-order chi connectivity index (χ1) is 11.6. The minimum absolute atomic E-state index is 0.0213. The van der Waals surface area contributed by atoms with Crippen molar-refractivity contribution in [3.05, 3.63) is 22.6 Å². The topological polar surface area (TPSA) is 72.2 Å². The summed E-state index contributed by atoms with van der Waals surface area (Å²) in [5.74, 6) is 1.50. The summed E-state index contributed by atoms with van der Waals surface area (Å²) in [5, 5.41) is 0. The van der Waals surface area contributed by atoms with E-state index in [0.717, 1.165) is 11.3 Å². The molecule has 7 heteroatoms. The van der Waals surface area contributed by atoms with E-state index in [1.54, 1.807) is 16.9 Å². The molecular formula is C17H24N2O5. The van der Waals surface area contributed by atoms with Gasteiger partial charge in [0.2, 0.25) is 5.91 Å². The van der Waals surface area contributed by atoms with Crippen molar-refractivity contribution in [2.75, 3.05) is 46.6 Å². The molecule has 0 radical (unpaired) electrons. The molecular weight excluding hydrogens is 312 g/mol. The van der Waals surface area contributed by atoms with E-state index in [9.17, 15) is 9.59 Å². The Hall–Kier alpha value is -1.86. The van der Waals surface area contributed by atoms with E-state index in [1.165, 1.54) is 0 Å². The molecule has 2 aliphatic rings. The molecule has 3 rings (SSSR count). The predicted molar refractivity (Wildman–Crippen MR) is 85.8 cm³/mol. The van der Waals surface area contributed by atoms with Gasteiger partial charge in [-0.25, -0.2) is 0 Å². The van der Waals surface area contributed by atoms with Crippen LogP contribution in [0, 0.1) is 6.92 Å². The molecule has 2 amide bonds. The Morgan fingerprint density at radius 2 is 1.92 bits per heavy atom. The summed E-state index contributed by atoms with van der Waals surface area (Å²) in [5.41, 5.74) is 1.48. The first kappa shape index (κ1) is 17.0. The maximum absolute atomic E-state index is 12.9. The third kappa shape index (κ3) is 3.32. The van der Waals surface area contributed by atoms with Crippen molar-refractivity contribution in [1.82, 2.24) is 9.80 Å². The van der Waals surface area contributed by atoms with Gasteiger partial charge in [-0.3, -0.25) is 9.59 Å². The fraction of sp³-hybridized carbons (Fsp3) is 0.647.